The molecule has 1 aromatic rings. The molecule has 1 aliphatic rings. The Morgan fingerprint density at radius 3 is 1.82 bits per heavy atom. The van der Waals surface area contributed by atoms with Crippen molar-refractivity contribution >= 4 is 0 Å². The number of phenols is 1. The summed E-state index contributed by atoms with van der Waals surface area (Å²) in [6.07, 6.45) is 25.0. The summed E-state index contributed by atoms with van der Waals surface area (Å²) < 4.78 is 6.56. The Bertz CT molecular complexity index is 686. The topological polar surface area (TPSA) is 29.5 Å². The van der Waals surface area contributed by atoms with Crippen LogP contribution in [0.2, 0.25) is 0 Å². The van der Waals surface area contributed by atoms with Gasteiger partial charge in [0.15, 0.2) is 0 Å². The van der Waals surface area contributed by atoms with Crippen LogP contribution in [0.5, 0.6) is 11.5 Å². The minimum Gasteiger partial charge on any atom is -0.507 e. The van der Waals surface area contributed by atoms with Gasteiger partial charge in [0, 0.05) is 5.56 Å². The number of fused-ring (bicyclic) bond motifs is 1. The molecular weight excluding hydrogens is 404 g/mol. The normalized spacial score (nSPS) is 16.7. The number of hydrogen-bond acceptors (Lipinski definition) is 2. The van der Waals surface area contributed by atoms with Crippen molar-refractivity contribution < 1.29 is 9.84 Å². The Morgan fingerprint density at radius 1 is 0.818 bits per heavy atom. The van der Waals surface area contributed by atoms with Crippen molar-refractivity contribution in [2.24, 2.45) is 5.92 Å². The summed E-state index contributed by atoms with van der Waals surface area (Å²) in [6.45, 7) is 17.0. The van der Waals surface area contributed by atoms with Gasteiger partial charge in [-0.1, -0.05) is 85.5 Å². The van der Waals surface area contributed by atoms with Gasteiger partial charge in [0.05, 0.1) is 0 Å². The van der Waals surface area contributed by atoms with Crippen LogP contribution in [-0.2, 0) is 6.42 Å². The molecule has 0 aliphatic carbocycles. The second-order valence-corrected chi connectivity index (χ2v) is 10.2. The maximum atomic E-state index is 10.3. The molecule has 1 aromatic carbocycles. The standard InChI is InChI=1S/C27H46O2.C2H6.C2H2/c1-20(2)16-14-12-10-8-7-9-11-13-15-18-27(6)19-17-24-23(5)25(28)21(3)22(4)26(24)29-27;2*1-2/h20,28H,7-19H2,1-6H3;1-2H3;1-2H. The second kappa shape index (κ2) is 16.9. The van der Waals surface area contributed by atoms with Crippen LogP contribution < -0.4 is 4.74 Å². The number of hydrogen-bond donors (Lipinski definition) is 1. The van der Waals surface area contributed by atoms with Gasteiger partial charge in [-0.25, -0.2) is 0 Å². The van der Waals surface area contributed by atoms with Gasteiger partial charge in [-0.15, -0.1) is 12.8 Å². The van der Waals surface area contributed by atoms with Gasteiger partial charge < -0.3 is 9.84 Å². The zero-order valence-electron chi connectivity index (χ0n) is 23.3. The van der Waals surface area contributed by atoms with Gasteiger partial charge >= 0.3 is 0 Å². The zero-order valence-corrected chi connectivity index (χ0v) is 23.3. The Morgan fingerprint density at radius 2 is 1.30 bits per heavy atom. The highest BCUT2D eigenvalue weighted by molar-refractivity contribution is 5.58. The molecule has 1 unspecified atom stereocenters. The molecule has 2 nitrogen and oxygen atoms in total. The van der Waals surface area contributed by atoms with E-state index in [2.05, 4.69) is 40.5 Å². The van der Waals surface area contributed by atoms with Crippen molar-refractivity contribution in [3.05, 3.63) is 22.3 Å². The van der Waals surface area contributed by atoms with Gasteiger partial charge in [0.2, 0.25) is 0 Å². The average Bonchev–Trinajstić information content (AvgIpc) is 2.82. The third-order valence-electron chi connectivity index (χ3n) is 7.08. The zero-order chi connectivity index (χ0) is 25.4. The van der Waals surface area contributed by atoms with Crippen molar-refractivity contribution in [3.8, 4) is 24.3 Å². The smallest absolute Gasteiger partial charge is 0.127 e. The first kappa shape index (κ1) is 31.4. The molecule has 2 heteroatoms. The summed E-state index contributed by atoms with van der Waals surface area (Å²) in [4.78, 5) is 0. The maximum absolute atomic E-state index is 10.3. The van der Waals surface area contributed by atoms with Gasteiger partial charge in [-0.2, -0.15) is 0 Å². The third-order valence-corrected chi connectivity index (χ3v) is 7.08. The molecule has 0 aromatic heterocycles. The van der Waals surface area contributed by atoms with E-state index in [1.165, 1.54) is 69.8 Å². The molecule has 1 atom stereocenters. The van der Waals surface area contributed by atoms with E-state index < -0.39 is 0 Å². The number of ether oxygens (including phenoxy) is 1. The van der Waals surface area contributed by atoms with Gasteiger partial charge in [0.1, 0.15) is 17.1 Å². The lowest BCUT2D eigenvalue weighted by atomic mass is 9.84. The predicted molar refractivity (Wildman–Crippen MR) is 147 cm³/mol. The van der Waals surface area contributed by atoms with Crippen molar-refractivity contribution in [2.45, 2.75) is 144 Å². The van der Waals surface area contributed by atoms with E-state index in [1.54, 1.807) is 0 Å². The summed E-state index contributed by atoms with van der Waals surface area (Å²) in [5.74, 6) is 2.36. The molecule has 1 N–H and O–H groups in total. The first-order valence-corrected chi connectivity index (χ1v) is 13.6. The minimum atomic E-state index is -0.0516. The molecule has 0 radical (unpaired) electrons. The van der Waals surface area contributed by atoms with E-state index in [0.29, 0.717) is 5.75 Å². The molecular formula is C31H54O2. The molecule has 1 aliphatic heterocycles. The third kappa shape index (κ3) is 10.5. The van der Waals surface area contributed by atoms with E-state index >= 15 is 0 Å². The van der Waals surface area contributed by atoms with Crippen LogP contribution in [0.4, 0.5) is 0 Å². The van der Waals surface area contributed by atoms with Crippen LogP contribution in [0, 0.1) is 39.5 Å². The fraction of sp³-hybridized carbons (Fsp3) is 0.742. The number of phenolic OH excluding ortho intramolecular Hbond substituents is 1. The Kier molecular flexibility index (Phi) is 16.1. The number of aromatic hydroxyl groups is 1. The molecule has 1 heterocycles. The maximum Gasteiger partial charge on any atom is 0.127 e. The van der Waals surface area contributed by atoms with Crippen LogP contribution in [0.25, 0.3) is 0 Å². The molecule has 0 fully saturated rings. The Labute approximate surface area is 206 Å². The largest absolute Gasteiger partial charge is 0.507 e. The summed E-state index contributed by atoms with van der Waals surface area (Å²) in [7, 11) is 0. The van der Waals surface area contributed by atoms with Gasteiger partial charge in [-0.3, -0.25) is 0 Å². The molecule has 0 saturated heterocycles. The van der Waals surface area contributed by atoms with Crippen LogP contribution in [-0.4, -0.2) is 10.7 Å². The second-order valence-electron chi connectivity index (χ2n) is 10.2. The molecule has 190 valence electrons. The summed E-state index contributed by atoms with van der Waals surface area (Å²) in [5.41, 5.74) is 4.26. The summed E-state index contributed by atoms with van der Waals surface area (Å²) in [5, 5.41) is 10.3. The minimum absolute atomic E-state index is 0.0516. The van der Waals surface area contributed by atoms with Crippen LogP contribution >= 0.6 is 0 Å². The van der Waals surface area contributed by atoms with Crippen molar-refractivity contribution in [1.82, 2.24) is 0 Å². The van der Waals surface area contributed by atoms with E-state index in [4.69, 9.17) is 4.74 Å². The van der Waals surface area contributed by atoms with Crippen molar-refractivity contribution in [1.29, 1.82) is 0 Å². The molecule has 33 heavy (non-hydrogen) atoms. The fourth-order valence-corrected chi connectivity index (χ4v) is 4.76. The number of terminal acetylenes is 1. The Balaban J connectivity index is 0.00000242. The van der Waals surface area contributed by atoms with E-state index in [-0.39, 0.29) is 5.60 Å². The molecule has 0 bridgehead atoms. The summed E-state index contributed by atoms with van der Waals surface area (Å²) in [6, 6.07) is 0. The molecule has 2 rings (SSSR count). The lowest BCUT2D eigenvalue weighted by Gasteiger charge is -2.38. The van der Waals surface area contributed by atoms with Crippen molar-refractivity contribution in [2.75, 3.05) is 0 Å². The van der Waals surface area contributed by atoms with Gasteiger partial charge in [0.25, 0.3) is 0 Å². The average molecular weight is 459 g/mol. The number of rotatable bonds is 12. The molecule has 0 saturated carbocycles. The van der Waals surface area contributed by atoms with Crippen LogP contribution in [0.3, 0.4) is 0 Å². The highest BCUT2D eigenvalue weighted by atomic mass is 16.5. The number of benzene rings is 1. The predicted octanol–water partition coefficient (Wildman–Crippen LogP) is 9.62. The summed E-state index contributed by atoms with van der Waals surface area (Å²) >= 11 is 0. The van der Waals surface area contributed by atoms with E-state index in [0.717, 1.165) is 47.6 Å². The first-order valence-electron chi connectivity index (χ1n) is 13.6. The van der Waals surface area contributed by atoms with E-state index in [9.17, 15) is 5.11 Å². The van der Waals surface area contributed by atoms with E-state index in [1.807, 2.05) is 27.7 Å². The highest BCUT2D eigenvalue weighted by Gasteiger charge is 2.34. The van der Waals surface area contributed by atoms with Crippen LogP contribution in [0.15, 0.2) is 0 Å². The first-order chi connectivity index (χ1) is 15.7. The fourth-order valence-electron chi connectivity index (χ4n) is 4.76. The molecule has 0 amide bonds. The monoisotopic (exact) mass is 458 g/mol. The lowest BCUT2D eigenvalue weighted by Crippen LogP contribution is -2.37. The number of unbranched alkanes of at least 4 members (excludes halogenated alkanes) is 8. The SMILES string of the molecule is C#C.CC.Cc1c(C)c2c(c(C)c1O)CCC(C)(CCCCCCCCCCCC(C)C)O2. The Hall–Kier alpha value is -1.62. The highest BCUT2D eigenvalue weighted by Crippen LogP contribution is 2.44. The van der Waals surface area contributed by atoms with Gasteiger partial charge in [-0.05, 0) is 76.0 Å². The van der Waals surface area contributed by atoms with Crippen LogP contribution in [0.1, 0.15) is 134 Å². The quantitative estimate of drug-likeness (QED) is 0.249. The molecule has 0 spiro atoms. The lowest BCUT2D eigenvalue weighted by molar-refractivity contribution is 0.0521. The van der Waals surface area contributed by atoms with Crippen molar-refractivity contribution in [3.63, 3.8) is 0 Å².